The zero-order valence-electron chi connectivity index (χ0n) is 10.1. The molecule has 0 bridgehead atoms. The van der Waals surface area contributed by atoms with E-state index < -0.39 is 27.1 Å². The Morgan fingerprint density at radius 2 is 2.24 bits per heavy atom. The van der Waals surface area contributed by atoms with Gasteiger partial charge < -0.3 is 5.11 Å². The molecule has 0 radical (unpaired) electrons. The second kappa shape index (κ2) is 6.06. The summed E-state index contributed by atoms with van der Waals surface area (Å²) in [6.45, 7) is 4.19. The van der Waals surface area contributed by atoms with E-state index in [0.29, 0.717) is 18.8 Å². The molecular formula is C10H19NO4S2. The zero-order valence-corrected chi connectivity index (χ0v) is 11.8. The first-order valence-electron chi connectivity index (χ1n) is 5.64. The Morgan fingerprint density at radius 1 is 1.59 bits per heavy atom. The fraction of sp³-hybridized carbons (Fsp3) is 0.900. The topological polar surface area (TPSA) is 74.7 Å². The van der Waals surface area contributed by atoms with Gasteiger partial charge in [-0.05, 0) is 0 Å². The maximum atomic E-state index is 11.9. The highest BCUT2D eigenvalue weighted by Gasteiger charge is 2.34. The highest BCUT2D eigenvalue weighted by atomic mass is 32.2. The van der Waals surface area contributed by atoms with Crippen molar-refractivity contribution < 1.29 is 18.3 Å². The lowest BCUT2D eigenvalue weighted by Gasteiger charge is -2.35. The summed E-state index contributed by atoms with van der Waals surface area (Å²) >= 11 is 1.62. The monoisotopic (exact) mass is 281 g/mol. The quantitative estimate of drug-likeness (QED) is 0.792. The third-order valence-corrected chi connectivity index (χ3v) is 6.27. The van der Waals surface area contributed by atoms with Gasteiger partial charge in [-0.25, -0.2) is 8.42 Å². The highest BCUT2D eigenvalue weighted by Crippen LogP contribution is 2.22. The van der Waals surface area contributed by atoms with Gasteiger partial charge in [-0.2, -0.15) is 11.8 Å². The smallest absolute Gasteiger partial charge is 0.307 e. The molecule has 0 aromatic carbocycles. The average Bonchev–Trinajstić information content (AvgIpc) is 2.29. The summed E-state index contributed by atoms with van der Waals surface area (Å²) < 4.78 is 23.8. The second-order valence-corrected chi connectivity index (χ2v) is 7.81. The number of aliphatic carboxylic acids is 1. The molecule has 2 unspecified atom stereocenters. The van der Waals surface area contributed by atoms with Crippen LogP contribution in [0.2, 0.25) is 0 Å². The van der Waals surface area contributed by atoms with Crippen LogP contribution in [0.5, 0.6) is 0 Å². The van der Waals surface area contributed by atoms with E-state index in [1.807, 2.05) is 0 Å². The van der Waals surface area contributed by atoms with E-state index in [2.05, 4.69) is 0 Å². The fourth-order valence-electron chi connectivity index (χ4n) is 1.78. The molecule has 100 valence electrons. The van der Waals surface area contributed by atoms with E-state index in [1.54, 1.807) is 30.5 Å². The summed E-state index contributed by atoms with van der Waals surface area (Å²) in [5.74, 6) is 0.101. The van der Waals surface area contributed by atoms with Gasteiger partial charge in [-0.15, -0.1) is 0 Å². The molecule has 1 saturated heterocycles. The Balaban J connectivity index is 2.77. The lowest BCUT2D eigenvalue weighted by Crippen LogP contribution is -2.49. The van der Waals surface area contributed by atoms with Crippen molar-refractivity contribution >= 4 is 27.6 Å². The fourth-order valence-corrected chi connectivity index (χ4v) is 4.87. The number of hydrogen-bond donors (Lipinski definition) is 1. The summed E-state index contributed by atoms with van der Waals surface area (Å²) in [4.78, 5) is 12.6. The van der Waals surface area contributed by atoms with E-state index in [0.717, 1.165) is 5.75 Å². The molecule has 7 heteroatoms. The van der Waals surface area contributed by atoms with E-state index >= 15 is 0 Å². The second-order valence-electron chi connectivity index (χ2n) is 4.22. The van der Waals surface area contributed by atoms with E-state index in [4.69, 9.17) is 5.11 Å². The molecule has 17 heavy (non-hydrogen) atoms. The predicted octanol–water partition coefficient (Wildman–Crippen LogP) is 0.517. The van der Waals surface area contributed by atoms with E-state index in [9.17, 15) is 13.2 Å². The zero-order chi connectivity index (χ0) is 13.1. The number of nitrogens with zero attached hydrogens (tertiary/aromatic N) is 1. The molecule has 0 saturated carbocycles. The molecule has 1 N–H and O–H groups in total. The summed E-state index contributed by atoms with van der Waals surface area (Å²) in [5, 5.41) is 8.36. The molecule has 5 nitrogen and oxygen atoms in total. The summed E-state index contributed by atoms with van der Waals surface area (Å²) in [6, 6.07) is 0. The molecule has 0 aliphatic carbocycles. The lowest BCUT2D eigenvalue weighted by atomic mass is 10.2. The molecule has 1 aliphatic rings. The van der Waals surface area contributed by atoms with Gasteiger partial charge in [0.15, 0.2) is 9.84 Å². The van der Waals surface area contributed by atoms with Crippen LogP contribution in [-0.4, -0.2) is 60.1 Å². The van der Waals surface area contributed by atoms with Crippen molar-refractivity contribution in [2.45, 2.75) is 19.2 Å². The van der Waals surface area contributed by atoms with Crippen LogP contribution in [0.25, 0.3) is 0 Å². The lowest BCUT2D eigenvalue weighted by molar-refractivity contribution is -0.141. The molecule has 0 spiro atoms. The molecule has 0 aromatic heterocycles. The van der Waals surface area contributed by atoms with Crippen LogP contribution in [0, 0.1) is 5.92 Å². The molecule has 1 rings (SSSR count). The largest absolute Gasteiger partial charge is 0.481 e. The number of thioether (sulfide) groups is 1. The Hall–Kier alpha value is -0.270. The van der Waals surface area contributed by atoms with Crippen LogP contribution in [0.1, 0.15) is 13.8 Å². The summed E-state index contributed by atoms with van der Waals surface area (Å²) in [6.07, 6.45) is 0. The van der Waals surface area contributed by atoms with Crippen molar-refractivity contribution in [1.29, 1.82) is 0 Å². The first-order valence-corrected chi connectivity index (χ1v) is 8.51. The van der Waals surface area contributed by atoms with Gasteiger partial charge in [-0.1, -0.05) is 13.8 Å². The van der Waals surface area contributed by atoms with Crippen molar-refractivity contribution in [3.8, 4) is 0 Å². The van der Waals surface area contributed by atoms with Gasteiger partial charge in [0, 0.05) is 30.3 Å². The van der Waals surface area contributed by atoms with Crippen molar-refractivity contribution in [1.82, 2.24) is 4.90 Å². The molecule has 2 atom stereocenters. The first-order chi connectivity index (χ1) is 7.88. The van der Waals surface area contributed by atoms with Crippen LogP contribution in [-0.2, 0) is 14.6 Å². The minimum Gasteiger partial charge on any atom is -0.481 e. The molecule has 0 aromatic rings. The van der Waals surface area contributed by atoms with Crippen LogP contribution in [0.3, 0.4) is 0 Å². The maximum absolute atomic E-state index is 11.9. The van der Waals surface area contributed by atoms with Gasteiger partial charge in [0.2, 0.25) is 0 Å². The summed E-state index contributed by atoms with van der Waals surface area (Å²) in [7, 11) is -3.13. The van der Waals surface area contributed by atoms with E-state index in [-0.39, 0.29) is 5.75 Å². The number of carboxylic acids is 1. The van der Waals surface area contributed by atoms with Crippen LogP contribution >= 0.6 is 11.8 Å². The highest BCUT2D eigenvalue weighted by molar-refractivity contribution is 8.01. The minimum atomic E-state index is -3.13. The van der Waals surface area contributed by atoms with Crippen molar-refractivity contribution in [3.05, 3.63) is 0 Å². The maximum Gasteiger partial charge on any atom is 0.307 e. The number of rotatable bonds is 5. The minimum absolute atomic E-state index is 0.107. The number of sulfone groups is 1. The average molecular weight is 281 g/mol. The molecule has 1 aliphatic heterocycles. The Kier molecular flexibility index (Phi) is 5.27. The van der Waals surface area contributed by atoms with E-state index in [1.165, 1.54) is 0 Å². The van der Waals surface area contributed by atoms with Gasteiger partial charge in [-0.3, -0.25) is 9.69 Å². The SMILES string of the molecule is CCS(=O)(=O)C1CSCCN1CC(C)C(=O)O. The molecular weight excluding hydrogens is 262 g/mol. The Morgan fingerprint density at radius 3 is 2.76 bits per heavy atom. The van der Waals surface area contributed by atoms with Crippen LogP contribution in [0.15, 0.2) is 0 Å². The number of carboxylic acid groups (broad SMARTS) is 1. The standard InChI is InChI=1S/C10H19NO4S2/c1-3-17(14,15)9-7-16-5-4-11(9)6-8(2)10(12)13/h8-9H,3-7H2,1-2H3,(H,12,13). The van der Waals surface area contributed by atoms with Crippen LogP contribution in [0.4, 0.5) is 0 Å². The van der Waals surface area contributed by atoms with Gasteiger partial charge >= 0.3 is 5.97 Å². The molecule has 0 amide bonds. The Labute approximate surface area is 106 Å². The van der Waals surface area contributed by atoms with Gasteiger partial charge in [0.1, 0.15) is 5.37 Å². The van der Waals surface area contributed by atoms with Gasteiger partial charge in [0.25, 0.3) is 0 Å². The molecule has 1 fully saturated rings. The number of hydrogen-bond acceptors (Lipinski definition) is 5. The summed E-state index contributed by atoms with van der Waals surface area (Å²) in [5.41, 5.74) is 0. The Bertz CT molecular complexity index is 369. The third-order valence-electron chi connectivity index (χ3n) is 2.94. The van der Waals surface area contributed by atoms with Crippen molar-refractivity contribution in [2.75, 3.05) is 30.3 Å². The van der Waals surface area contributed by atoms with Crippen molar-refractivity contribution in [3.63, 3.8) is 0 Å². The van der Waals surface area contributed by atoms with Gasteiger partial charge in [0.05, 0.1) is 5.92 Å². The predicted molar refractivity (Wildman–Crippen MR) is 68.9 cm³/mol. The van der Waals surface area contributed by atoms with Crippen molar-refractivity contribution in [2.24, 2.45) is 5.92 Å². The number of carbonyl (C=O) groups is 1. The molecule has 1 heterocycles. The first kappa shape index (κ1) is 14.8. The normalized spacial score (nSPS) is 24.5. The third kappa shape index (κ3) is 3.86. The van der Waals surface area contributed by atoms with Crippen LogP contribution < -0.4 is 0 Å².